The van der Waals surface area contributed by atoms with Crippen LogP contribution in [0.1, 0.15) is 49.7 Å². The number of aromatic nitrogens is 3. The molecule has 7 nitrogen and oxygen atoms in total. The average molecular weight is 474 g/mol. The van der Waals surface area contributed by atoms with Crippen LogP contribution in [-0.4, -0.2) is 70.9 Å². The summed E-state index contributed by atoms with van der Waals surface area (Å²) < 4.78 is 7.65. The van der Waals surface area contributed by atoms with Crippen LogP contribution in [0.3, 0.4) is 0 Å². The lowest BCUT2D eigenvalue weighted by Crippen LogP contribution is -2.42. The molecule has 1 saturated heterocycles. The number of carbonyl (C=O) groups is 1. The number of imidazole rings is 1. The summed E-state index contributed by atoms with van der Waals surface area (Å²) in [6, 6.07) is 8.92. The standard InChI is InChI=1S/C28H35N5O2/c1-18(2)26-22-14-20(19-8-11-32(12-9-19)25(34)17-31(3)4)6-7-23(22)30-27(26)21-15-24(35-5)28-29-10-13-33(28)16-21/h6-7,10,13-16,18-19,30H,8-9,11-12,17H2,1-5H3. The van der Waals surface area contributed by atoms with Crippen molar-refractivity contribution in [2.45, 2.75) is 38.5 Å². The van der Waals surface area contributed by atoms with Gasteiger partial charge in [-0.3, -0.25) is 4.79 Å². The molecule has 5 rings (SSSR count). The maximum Gasteiger partial charge on any atom is 0.236 e. The van der Waals surface area contributed by atoms with Gasteiger partial charge in [-0.25, -0.2) is 4.98 Å². The monoisotopic (exact) mass is 473 g/mol. The van der Waals surface area contributed by atoms with Crippen molar-refractivity contribution in [1.29, 1.82) is 0 Å². The third-order valence-corrected chi connectivity index (χ3v) is 7.17. The third-order valence-electron chi connectivity index (χ3n) is 7.17. The van der Waals surface area contributed by atoms with E-state index in [1.165, 1.54) is 16.5 Å². The summed E-state index contributed by atoms with van der Waals surface area (Å²) in [5.74, 6) is 1.82. The minimum Gasteiger partial charge on any atom is -0.493 e. The molecule has 0 unspecified atom stereocenters. The van der Waals surface area contributed by atoms with Crippen molar-refractivity contribution in [3.05, 3.63) is 54.0 Å². The number of ether oxygens (including phenoxy) is 1. The summed E-state index contributed by atoms with van der Waals surface area (Å²) in [4.78, 5) is 24.5. The Morgan fingerprint density at radius 2 is 2.00 bits per heavy atom. The van der Waals surface area contributed by atoms with E-state index in [0.29, 0.717) is 18.4 Å². The van der Waals surface area contributed by atoms with Crippen LogP contribution in [0.25, 0.3) is 27.8 Å². The van der Waals surface area contributed by atoms with Crippen molar-refractivity contribution < 1.29 is 9.53 Å². The first-order chi connectivity index (χ1) is 16.9. The van der Waals surface area contributed by atoms with Crippen molar-refractivity contribution in [1.82, 2.24) is 24.2 Å². The van der Waals surface area contributed by atoms with Gasteiger partial charge in [-0.05, 0) is 68.1 Å². The Bertz CT molecular complexity index is 1360. The SMILES string of the molecule is COc1cc(-c2[nH]c3ccc(C4CCN(C(=O)CN(C)C)CC4)cc3c2C(C)C)cn2ccnc12. The molecule has 4 heterocycles. The molecule has 35 heavy (non-hydrogen) atoms. The first kappa shape index (κ1) is 23.4. The van der Waals surface area contributed by atoms with E-state index >= 15 is 0 Å². The number of methoxy groups -OCH3 is 1. The van der Waals surface area contributed by atoms with Crippen LogP contribution < -0.4 is 4.74 Å². The first-order valence-electron chi connectivity index (χ1n) is 12.4. The molecule has 1 aromatic carbocycles. The van der Waals surface area contributed by atoms with E-state index in [9.17, 15) is 4.79 Å². The number of pyridine rings is 1. The van der Waals surface area contributed by atoms with Crippen LogP contribution in [-0.2, 0) is 4.79 Å². The molecule has 7 heteroatoms. The molecule has 0 spiro atoms. The molecule has 3 aromatic heterocycles. The van der Waals surface area contributed by atoms with Crippen LogP contribution >= 0.6 is 0 Å². The molecular weight excluding hydrogens is 438 g/mol. The van der Waals surface area contributed by atoms with Crippen molar-refractivity contribution in [2.24, 2.45) is 0 Å². The highest BCUT2D eigenvalue weighted by molar-refractivity contribution is 5.92. The number of amides is 1. The highest BCUT2D eigenvalue weighted by atomic mass is 16.5. The molecule has 1 fully saturated rings. The zero-order valence-corrected chi connectivity index (χ0v) is 21.3. The number of H-pyrrole nitrogens is 1. The highest BCUT2D eigenvalue weighted by Gasteiger charge is 2.25. The molecule has 184 valence electrons. The molecule has 1 aliphatic rings. The third kappa shape index (κ3) is 4.41. The molecule has 0 saturated carbocycles. The predicted octanol–water partition coefficient (Wildman–Crippen LogP) is 4.88. The lowest BCUT2D eigenvalue weighted by molar-refractivity contribution is -0.132. The summed E-state index contributed by atoms with van der Waals surface area (Å²) in [5, 5.41) is 1.28. The Hall–Kier alpha value is -3.32. The Labute approximate surface area is 206 Å². The van der Waals surface area contributed by atoms with Gasteiger partial charge in [0.05, 0.1) is 19.3 Å². The second-order valence-electron chi connectivity index (χ2n) is 10.2. The number of carbonyl (C=O) groups excluding carboxylic acids is 1. The van der Waals surface area contributed by atoms with Gasteiger partial charge in [0.15, 0.2) is 11.4 Å². The molecule has 4 aromatic rings. The van der Waals surface area contributed by atoms with Crippen LogP contribution in [0.5, 0.6) is 5.75 Å². The van der Waals surface area contributed by atoms with Gasteiger partial charge in [0.1, 0.15) is 0 Å². The molecular formula is C28H35N5O2. The van der Waals surface area contributed by atoms with Gasteiger partial charge >= 0.3 is 0 Å². The van der Waals surface area contributed by atoms with Gasteiger partial charge in [-0.15, -0.1) is 0 Å². The summed E-state index contributed by atoms with van der Waals surface area (Å²) in [5.41, 5.74) is 6.87. The number of likely N-dealkylation sites (tertiary alicyclic amines) is 1. The van der Waals surface area contributed by atoms with Gasteiger partial charge in [-0.1, -0.05) is 19.9 Å². The molecule has 0 bridgehead atoms. The number of piperidine rings is 1. The number of nitrogens with zero attached hydrogens (tertiary/aromatic N) is 4. The van der Waals surface area contributed by atoms with Gasteiger partial charge in [0.25, 0.3) is 0 Å². The molecule has 1 aliphatic heterocycles. The zero-order valence-electron chi connectivity index (χ0n) is 21.3. The van der Waals surface area contributed by atoms with Gasteiger partial charge in [0, 0.05) is 48.1 Å². The van der Waals surface area contributed by atoms with Crippen LogP contribution in [0, 0.1) is 0 Å². The maximum absolute atomic E-state index is 12.5. The Morgan fingerprint density at radius 1 is 1.23 bits per heavy atom. The normalized spacial score (nSPS) is 15.1. The molecule has 1 N–H and O–H groups in total. The Kier molecular flexibility index (Phi) is 6.28. The molecule has 0 atom stereocenters. The predicted molar refractivity (Wildman–Crippen MR) is 140 cm³/mol. The van der Waals surface area contributed by atoms with Crippen molar-refractivity contribution in [2.75, 3.05) is 40.8 Å². The van der Waals surface area contributed by atoms with E-state index in [0.717, 1.165) is 54.1 Å². The number of rotatable bonds is 6. The van der Waals surface area contributed by atoms with E-state index < -0.39 is 0 Å². The van der Waals surface area contributed by atoms with Crippen molar-refractivity contribution in [3.8, 4) is 17.0 Å². The Balaban J connectivity index is 1.48. The van der Waals surface area contributed by atoms with Crippen LogP contribution in [0.4, 0.5) is 0 Å². The van der Waals surface area contributed by atoms with Crippen LogP contribution in [0.2, 0.25) is 0 Å². The summed E-state index contributed by atoms with van der Waals surface area (Å²) in [6.45, 7) is 6.64. The maximum atomic E-state index is 12.5. The number of nitrogens with one attached hydrogen (secondary N) is 1. The highest BCUT2D eigenvalue weighted by Crippen LogP contribution is 2.39. The summed E-state index contributed by atoms with van der Waals surface area (Å²) in [6.07, 6.45) is 7.87. The summed E-state index contributed by atoms with van der Waals surface area (Å²) >= 11 is 0. The summed E-state index contributed by atoms with van der Waals surface area (Å²) in [7, 11) is 5.58. The molecule has 0 radical (unpaired) electrons. The van der Waals surface area contributed by atoms with Crippen molar-refractivity contribution >= 4 is 22.5 Å². The quantitative estimate of drug-likeness (QED) is 0.433. The smallest absolute Gasteiger partial charge is 0.236 e. The number of likely N-dealkylation sites (N-methyl/N-ethyl adjacent to an activating group) is 1. The number of hydrogen-bond acceptors (Lipinski definition) is 4. The first-order valence-corrected chi connectivity index (χ1v) is 12.4. The van der Waals surface area contributed by atoms with Gasteiger partial charge in [0.2, 0.25) is 5.91 Å². The number of aromatic amines is 1. The van der Waals surface area contributed by atoms with E-state index in [1.807, 2.05) is 34.5 Å². The van der Waals surface area contributed by atoms with E-state index in [4.69, 9.17) is 4.74 Å². The minimum absolute atomic E-state index is 0.228. The average Bonchev–Trinajstić information content (AvgIpc) is 3.47. The lowest BCUT2D eigenvalue weighted by atomic mass is 9.87. The second-order valence-corrected chi connectivity index (χ2v) is 10.2. The van der Waals surface area contributed by atoms with Gasteiger partial charge < -0.3 is 23.9 Å². The fourth-order valence-electron chi connectivity index (χ4n) is 5.43. The molecule has 1 amide bonds. The van der Waals surface area contributed by atoms with Crippen LogP contribution in [0.15, 0.2) is 42.9 Å². The fraction of sp³-hybridized carbons (Fsp3) is 0.429. The lowest BCUT2D eigenvalue weighted by Gasteiger charge is -2.33. The van der Waals surface area contributed by atoms with E-state index in [-0.39, 0.29) is 5.91 Å². The van der Waals surface area contributed by atoms with Gasteiger partial charge in [-0.2, -0.15) is 0 Å². The number of hydrogen-bond donors (Lipinski definition) is 1. The topological polar surface area (TPSA) is 65.9 Å². The molecule has 0 aliphatic carbocycles. The minimum atomic E-state index is 0.228. The fourth-order valence-corrected chi connectivity index (χ4v) is 5.43. The zero-order chi connectivity index (χ0) is 24.7. The van der Waals surface area contributed by atoms with Crippen molar-refractivity contribution in [3.63, 3.8) is 0 Å². The largest absolute Gasteiger partial charge is 0.493 e. The number of fused-ring (bicyclic) bond motifs is 2. The number of benzene rings is 1. The second kappa shape index (κ2) is 9.38. The Morgan fingerprint density at radius 3 is 2.69 bits per heavy atom. The van der Waals surface area contributed by atoms with E-state index in [2.05, 4.69) is 54.3 Å². The van der Waals surface area contributed by atoms with E-state index in [1.54, 1.807) is 13.3 Å².